The monoisotopic (exact) mass is 307 g/mol. The Morgan fingerprint density at radius 1 is 1.00 bits per heavy atom. The van der Waals surface area contributed by atoms with Gasteiger partial charge >= 0.3 is 0 Å². The van der Waals surface area contributed by atoms with Gasteiger partial charge < -0.3 is 10.2 Å². The highest BCUT2D eigenvalue weighted by Crippen LogP contribution is 2.23. The zero-order valence-electron chi connectivity index (χ0n) is 13.4. The summed E-state index contributed by atoms with van der Waals surface area (Å²) in [5, 5.41) is 7.92. The molecule has 0 radical (unpaired) electrons. The molecule has 0 saturated carbocycles. The lowest BCUT2D eigenvalue weighted by Gasteiger charge is -2.28. The van der Waals surface area contributed by atoms with Gasteiger partial charge in [0.25, 0.3) is 0 Å². The fourth-order valence-corrected chi connectivity index (χ4v) is 3.16. The first kappa shape index (κ1) is 14.1. The quantitative estimate of drug-likeness (QED) is 0.800. The number of fused-ring (bicyclic) bond motifs is 1. The van der Waals surface area contributed by atoms with Crippen LogP contribution >= 0.6 is 0 Å². The number of piperidine rings is 1. The second-order valence-electron chi connectivity index (χ2n) is 6.11. The van der Waals surface area contributed by atoms with Crippen molar-refractivity contribution < 1.29 is 0 Å². The Kier molecular flexibility index (Phi) is 3.61. The molecule has 5 heteroatoms. The van der Waals surface area contributed by atoms with E-state index >= 15 is 0 Å². The summed E-state index contributed by atoms with van der Waals surface area (Å²) in [6.45, 7) is 4.32. The number of nitrogens with zero attached hydrogens (tertiary/aromatic N) is 4. The molecule has 0 aliphatic carbocycles. The van der Waals surface area contributed by atoms with Crippen molar-refractivity contribution in [3.05, 3.63) is 48.3 Å². The highest BCUT2D eigenvalue weighted by Gasteiger charge is 2.11. The first-order chi connectivity index (χ1) is 11.3. The third-order valence-corrected chi connectivity index (χ3v) is 4.34. The first-order valence-electron chi connectivity index (χ1n) is 8.23. The molecule has 0 spiro atoms. The van der Waals surface area contributed by atoms with Gasteiger partial charge in [-0.3, -0.25) is 0 Å². The summed E-state index contributed by atoms with van der Waals surface area (Å²) in [6.07, 6.45) is 5.76. The minimum Gasteiger partial charge on any atom is -0.372 e. The minimum absolute atomic E-state index is 0.859. The van der Waals surface area contributed by atoms with Crippen molar-refractivity contribution in [2.45, 2.75) is 26.2 Å². The third-order valence-electron chi connectivity index (χ3n) is 4.34. The molecule has 1 N–H and O–H groups in total. The van der Waals surface area contributed by atoms with Crippen LogP contribution in [0, 0.1) is 6.92 Å². The maximum atomic E-state index is 4.48. The molecule has 1 aliphatic heterocycles. The van der Waals surface area contributed by atoms with E-state index in [1.165, 1.54) is 38.0 Å². The maximum Gasteiger partial charge on any atom is 0.157 e. The fraction of sp³-hybridized carbons (Fsp3) is 0.333. The molecule has 0 amide bonds. The molecule has 2 aromatic heterocycles. The van der Waals surface area contributed by atoms with Gasteiger partial charge in [0, 0.05) is 36.7 Å². The predicted octanol–water partition coefficient (Wildman–Crippen LogP) is 3.77. The van der Waals surface area contributed by atoms with Crippen LogP contribution in [0.25, 0.3) is 5.65 Å². The van der Waals surface area contributed by atoms with Crippen LogP contribution in [0.15, 0.2) is 42.6 Å². The summed E-state index contributed by atoms with van der Waals surface area (Å²) >= 11 is 0. The van der Waals surface area contributed by atoms with Crippen LogP contribution in [0.2, 0.25) is 0 Å². The van der Waals surface area contributed by atoms with E-state index in [-0.39, 0.29) is 0 Å². The molecular weight excluding hydrogens is 286 g/mol. The Hall–Kier alpha value is -2.56. The maximum absolute atomic E-state index is 4.48. The Morgan fingerprint density at radius 2 is 1.78 bits per heavy atom. The number of nitrogens with one attached hydrogen (secondary N) is 1. The number of aryl methyl sites for hydroxylation is 1. The van der Waals surface area contributed by atoms with Gasteiger partial charge in [0.2, 0.25) is 0 Å². The second-order valence-corrected chi connectivity index (χ2v) is 6.11. The molecule has 5 nitrogen and oxygen atoms in total. The molecule has 1 saturated heterocycles. The highest BCUT2D eigenvalue weighted by atomic mass is 15.3. The zero-order valence-corrected chi connectivity index (χ0v) is 13.4. The number of benzene rings is 1. The van der Waals surface area contributed by atoms with Gasteiger partial charge in [-0.1, -0.05) is 0 Å². The van der Waals surface area contributed by atoms with E-state index in [0.29, 0.717) is 0 Å². The topological polar surface area (TPSA) is 45.5 Å². The van der Waals surface area contributed by atoms with E-state index in [2.05, 4.69) is 44.6 Å². The van der Waals surface area contributed by atoms with E-state index in [0.717, 1.165) is 22.8 Å². The van der Waals surface area contributed by atoms with Gasteiger partial charge in [-0.05, 0) is 56.5 Å². The van der Waals surface area contributed by atoms with Crippen molar-refractivity contribution in [1.82, 2.24) is 14.6 Å². The fourth-order valence-electron chi connectivity index (χ4n) is 3.16. The summed E-state index contributed by atoms with van der Waals surface area (Å²) in [5.74, 6) is 0.925. The molecule has 1 aromatic carbocycles. The second kappa shape index (κ2) is 5.91. The highest BCUT2D eigenvalue weighted by molar-refractivity contribution is 5.62. The third kappa shape index (κ3) is 2.86. The zero-order chi connectivity index (χ0) is 15.6. The van der Waals surface area contributed by atoms with E-state index in [9.17, 15) is 0 Å². The molecule has 3 heterocycles. The summed E-state index contributed by atoms with van der Waals surface area (Å²) in [4.78, 5) is 6.80. The molecule has 3 aromatic rings. The van der Waals surface area contributed by atoms with Crippen molar-refractivity contribution in [1.29, 1.82) is 0 Å². The molecule has 0 atom stereocenters. The standard InChI is InChI=1S/C18H21N5/c1-14-13-18-19-10-9-17(23(18)21-14)20-15-5-7-16(8-6-15)22-11-3-2-4-12-22/h5-10,13,20H,2-4,11-12H2,1H3. The Labute approximate surface area is 136 Å². The van der Waals surface area contributed by atoms with E-state index < -0.39 is 0 Å². The Bertz CT molecular complexity index is 800. The van der Waals surface area contributed by atoms with Crippen LogP contribution in [0.3, 0.4) is 0 Å². The first-order valence-corrected chi connectivity index (χ1v) is 8.23. The van der Waals surface area contributed by atoms with E-state index in [4.69, 9.17) is 0 Å². The summed E-state index contributed by atoms with van der Waals surface area (Å²) in [7, 11) is 0. The molecule has 4 rings (SSSR count). The van der Waals surface area contributed by atoms with Crippen molar-refractivity contribution in [2.75, 3.05) is 23.3 Å². The summed E-state index contributed by atoms with van der Waals surface area (Å²) in [6, 6.07) is 12.6. The number of hydrogen-bond donors (Lipinski definition) is 1. The van der Waals surface area contributed by atoms with Crippen LogP contribution in [-0.2, 0) is 0 Å². The van der Waals surface area contributed by atoms with Gasteiger partial charge in [-0.15, -0.1) is 0 Å². The number of aromatic nitrogens is 3. The smallest absolute Gasteiger partial charge is 0.157 e. The lowest BCUT2D eigenvalue weighted by Crippen LogP contribution is -2.29. The van der Waals surface area contributed by atoms with Crippen LogP contribution in [0.5, 0.6) is 0 Å². The molecule has 118 valence electrons. The lowest BCUT2D eigenvalue weighted by atomic mass is 10.1. The molecule has 23 heavy (non-hydrogen) atoms. The van der Waals surface area contributed by atoms with E-state index in [1.807, 2.05) is 23.6 Å². The van der Waals surface area contributed by atoms with Crippen molar-refractivity contribution >= 4 is 22.8 Å². The van der Waals surface area contributed by atoms with Crippen molar-refractivity contribution in [3.63, 3.8) is 0 Å². The van der Waals surface area contributed by atoms with Gasteiger partial charge in [0.15, 0.2) is 5.65 Å². The predicted molar refractivity (Wildman–Crippen MR) is 93.5 cm³/mol. The number of hydrogen-bond acceptors (Lipinski definition) is 4. The van der Waals surface area contributed by atoms with E-state index in [1.54, 1.807) is 6.20 Å². The van der Waals surface area contributed by atoms with Gasteiger partial charge in [-0.25, -0.2) is 4.98 Å². The molecule has 1 aliphatic rings. The average molecular weight is 307 g/mol. The Morgan fingerprint density at radius 3 is 2.57 bits per heavy atom. The molecule has 1 fully saturated rings. The van der Waals surface area contributed by atoms with Gasteiger partial charge in [0.1, 0.15) is 5.82 Å². The van der Waals surface area contributed by atoms with Gasteiger partial charge in [-0.2, -0.15) is 9.61 Å². The van der Waals surface area contributed by atoms with Crippen LogP contribution in [-0.4, -0.2) is 27.7 Å². The molecule has 0 bridgehead atoms. The SMILES string of the molecule is Cc1cc2nccc(Nc3ccc(N4CCCCC4)cc3)n2n1. The number of anilines is 3. The lowest BCUT2D eigenvalue weighted by molar-refractivity contribution is 0.578. The molecule has 0 unspecified atom stereocenters. The van der Waals surface area contributed by atoms with Crippen LogP contribution in [0.4, 0.5) is 17.2 Å². The van der Waals surface area contributed by atoms with Gasteiger partial charge in [0.05, 0.1) is 5.69 Å². The van der Waals surface area contributed by atoms with Crippen molar-refractivity contribution in [2.24, 2.45) is 0 Å². The molecular formula is C18H21N5. The van der Waals surface area contributed by atoms with Crippen molar-refractivity contribution in [3.8, 4) is 0 Å². The summed E-state index contributed by atoms with van der Waals surface area (Å²) < 4.78 is 1.84. The number of rotatable bonds is 3. The normalized spacial score (nSPS) is 15.1. The largest absolute Gasteiger partial charge is 0.372 e. The van der Waals surface area contributed by atoms with Crippen LogP contribution < -0.4 is 10.2 Å². The van der Waals surface area contributed by atoms with Crippen LogP contribution in [0.1, 0.15) is 25.0 Å². The Balaban J connectivity index is 1.56. The minimum atomic E-state index is 0.859. The average Bonchev–Trinajstić information content (AvgIpc) is 2.98. The summed E-state index contributed by atoms with van der Waals surface area (Å²) in [5.41, 5.74) is 4.20.